The molecule has 2 aromatic rings. The van der Waals surface area contributed by atoms with Gasteiger partial charge >= 0.3 is 6.03 Å². The lowest BCUT2D eigenvalue weighted by Gasteiger charge is -2.09. The van der Waals surface area contributed by atoms with Crippen LogP contribution in [-0.2, 0) is 4.79 Å². The normalized spacial score (nSPS) is 16.7. The number of rotatable bonds is 2. The van der Waals surface area contributed by atoms with Crippen LogP contribution >= 0.6 is 0 Å². The van der Waals surface area contributed by atoms with Crippen molar-refractivity contribution in [2.75, 3.05) is 14.2 Å². The maximum atomic E-state index is 12.0. The van der Waals surface area contributed by atoms with E-state index in [1.807, 2.05) is 36.4 Å². The minimum atomic E-state index is -0.426. The lowest BCUT2D eigenvalue weighted by atomic mass is 10.0. The number of carbonyl (C=O) groups excluding carboxylic acids is 2. The van der Waals surface area contributed by atoms with E-state index in [1.54, 1.807) is 13.2 Å². The molecule has 2 aromatic carbocycles. The Morgan fingerprint density at radius 3 is 2.57 bits per heavy atom. The van der Waals surface area contributed by atoms with Gasteiger partial charge in [-0.3, -0.25) is 9.69 Å². The minimum Gasteiger partial charge on any atom is -0.496 e. The van der Waals surface area contributed by atoms with E-state index >= 15 is 0 Å². The van der Waals surface area contributed by atoms with Crippen molar-refractivity contribution in [1.82, 2.24) is 10.2 Å². The van der Waals surface area contributed by atoms with Crippen LogP contribution in [0.15, 0.2) is 42.1 Å². The zero-order chi connectivity index (χ0) is 15.0. The average molecular weight is 282 g/mol. The Morgan fingerprint density at radius 2 is 1.90 bits per heavy atom. The summed E-state index contributed by atoms with van der Waals surface area (Å²) >= 11 is 0. The Morgan fingerprint density at radius 1 is 1.14 bits per heavy atom. The molecule has 0 atom stereocenters. The van der Waals surface area contributed by atoms with Gasteiger partial charge in [0.1, 0.15) is 11.4 Å². The number of amides is 3. The highest BCUT2D eigenvalue weighted by Gasteiger charge is 2.30. The van der Waals surface area contributed by atoms with E-state index < -0.39 is 6.03 Å². The van der Waals surface area contributed by atoms with Crippen molar-refractivity contribution >= 4 is 28.8 Å². The molecule has 1 N–H and O–H groups in total. The van der Waals surface area contributed by atoms with Gasteiger partial charge in [-0.05, 0) is 22.9 Å². The van der Waals surface area contributed by atoms with Gasteiger partial charge in [-0.15, -0.1) is 0 Å². The molecule has 0 saturated carbocycles. The number of urea groups is 1. The van der Waals surface area contributed by atoms with Crippen LogP contribution in [0.5, 0.6) is 5.75 Å². The molecule has 1 aliphatic rings. The smallest absolute Gasteiger partial charge is 0.328 e. The van der Waals surface area contributed by atoms with Crippen molar-refractivity contribution in [2.24, 2.45) is 0 Å². The first-order chi connectivity index (χ1) is 10.1. The molecule has 1 heterocycles. The molecule has 0 bridgehead atoms. The van der Waals surface area contributed by atoms with Gasteiger partial charge in [-0.1, -0.05) is 30.3 Å². The van der Waals surface area contributed by atoms with Crippen LogP contribution in [0.4, 0.5) is 4.79 Å². The maximum absolute atomic E-state index is 12.0. The number of imide groups is 1. The molecule has 1 saturated heterocycles. The zero-order valence-electron chi connectivity index (χ0n) is 11.7. The summed E-state index contributed by atoms with van der Waals surface area (Å²) in [6.45, 7) is 0. The third-order valence-electron chi connectivity index (χ3n) is 3.52. The van der Waals surface area contributed by atoms with Crippen LogP contribution in [0.3, 0.4) is 0 Å². The van der Waals surface area contributed by atoms with Crippen LogP contribution in [-0.4, -0.2) is 31.0 Å². The lowest BCUT2D eigenvalue weighted by molar-refractivity contribution is -0.121. The number of methoxy groups -OCH3 is 1. The number of hydrogen-bond acceptors (Lipinski definition) is 3. The molecule has 106 valence electrons. The second kappa shape index (κ2) is 4.94. The average Bonchev–Trinajstić information content (AvgIpc) is 2.75. The Bertz CT molecular complexity index is 780. The van der Waals surface area contributed by atoms with Crippen molar-refractivity contribution in [3.05, 3.63) is 47.7 Å². The highest BCUT2D eigenvalue weighted by atomic mass is 16.5. The molecule has 0 spiro atoms. The highest BCUT2D eigenvalue weighted by molar-refractivity contribution is 6.14. The minimum absolute atomic E-state index is 0.247. The SMILES string of the molecule is COc1ccc2ccccc2c1/C=C1\NC(=O)N(C)C1=O. The first-order valence-corrected chi connectivity index (χ1v) is 6.48. The Kier molecular flexibility index (Phi) is 3.10. The van der Waals surface area contributed by atoms with Crippen LogP contribution < -0.4 is 10.1 Å². The predicted octanol–water partition coefficient (Wildman–Crippen LogP) is 2.37. The molecule has 0 radical (unpaired) electrons. The second-order valence-electron chi connectivity index (χ2n) is 4.75. The summed E-state index contributed by atoms with van der Waals surface area (Å²) in [4.78, 5) is 24.6. The fourth-order valence-electron chi connectivity index (χ4n) is 2.37. The second-order valence-corrected chi connectivity index (χ2v) is 4.75. The number of hydrogen-bond donors (Lipinski definition) is 1. The highest BCUT2D eigenvalue weighted by Crippen LogP contribution is 2.30. The molecule has 1 aliphatic heterocycles. The van der Waals surface area contributed by atoms with Gasteiger partial charge in [0.05, 0.1) is 7.11 Å². The van der Waals surface area contributed by atoms with Gasteiger partial charge in [0.2, 0.25) is 0 Å². The fourth-order valence-corrected chi connectivity index (χ4v) is 2.37. The van der Waals surface area contributed by atoms with Crippen LogP contribution in [0.1, 0.15) is 5.56 Å². The first kappa shape index (κ1) is 13.2. The topological polar surface area (TPSA) is 58.6 Å². The van der Waals surface area contributed by atoms with Crippen molar-refractivity contribution in [3.8, 4) is 5.75 Å². The molecular weight excluding hydrogens is 268 g/mol. The van der Waals surface area contributed by atoms with E-state index in [0.717, 1.165) is 21.2 Å². The molecule has 0 unspecified atom stereocenters. The number of fused-ring (bicyclic) bond motifs is 1. The van der Waals surface area contributed by atoms with Gasteiger partial charge < -0.3 is 10.1 Å². The third-order valence-corrected chi connectivity index (χ3v) is 3.52. The summed E-state index contributed by atoms with van der Waals surface area (Å²) in [5.74, 6) is 0.299. The van der Waals surface area contributed by atoms with Crippen LogP contribution in [0.25, 0.3) is 16.8 Å². The molecule has 3 rings (SSSR count). The predicted molar refractivity (Wildman–Crippen MR) is 79.8 cm³/mol. The summed E-state index contributed by atoms with van der Waals surface area (Å²) in [5, 5.41) is 4.56. The molecule has 5 nitrogen and oxygen atoms in total. The summed E-state index contributed by atoms with van der Waals surface area (Å²) in [6, 6.07) is 11.2. The maximum Gasteiger partial charge on any atom is 0.328 e. The van der Waals surface area contributed by atoms with Crippen molar-refractivity contribution in [1.29, 1.82) is 0 Å². The fraction of sp³-hybridized carbons (Fsp3) is 0.125. The van der Waals surface area contributed by atoms with E-state index in [-0.39, 0.29) is 11.6 Å². The molecule has 21 heavy (non-hydrogen) atoms. The molecule has 1 fully saturated rings. The van der Waals surface area contributed by atoms with Crippen molar-refractivity contribution in [3.63, 3.8) is 0 Å². The molecular formula is C16H14N2O3. The van der Waals surface area contributed by atoms with Crippen molar-refractivity contribution in [2.45, 2.75) is 0 Å². The summed E-state index contributed by atoms with van der Waals surface area (Å²) < 4.78 is 5.37. The number of nitrogens with one attached hydrogen (secondary N) is 1. The molecule has 0 aromatic heterocycles. The number of ether oxygens (including phenoxy) is 1. The third kappa shape index (κ3) is 2.12. The van der Waals surface area contributed by atoms with Gasteiger partial charge in [0, 0.05) is 12.6 Å². The summed E-state index contributed by atoms with van der Waals surface area (Å²) in [6.07, 6.45) is 1.66. The largest absolute Gasteiger partial charge is 0.496 e. The van der Waals surface area contributed by atoms with Crippen LogP contribution in [0, 0.1) is 0 Å². The van der Waals surface area contributed by atoms with E-state index in [9.17, 15) is 9.59 Å². The molecule has 0 aliphatic carbocycles. The van der Waals surface area contributed by atoms with Crippen LogP contribution in [0.2, 0.25) is 0 Å². The lowest BCUT2D eigenvalue weighted by Crippen LogP contribution is -2.25. The molecule has 3 amide bonds. The number of likely N-dealkylation sites (N-methyl/N-ethyl adjacent to an activating group) is 1. The Balaban J connectivity index is 2.20. The van der Waals surface area contributed by atoms with Gasteiger partial charge in [-0.2, -0.15) is 0 Å². The number of nitrogens with zero attached hydrogens (tertiary/aromatic N) is 1. The number of benzene rings is 2. The number of carbonyl (C=O) groups is 2. The Labute approximate surface area is 121 Å². The summed E-state index contributed by atoms with van der Waals surface area (Å²) in [5.41, 5.74) is 1.02. The first-order valence-electron chi connectivity index (χ1n) is 6.48. The van der Waals surface area contributed by atoms with E-state index in [1.165, 1.54) is 7.05 Å². The van der Waals surface area contributed by atoms with E-state index in [2.05, 4.69) is 5.32 Å². The van der Waals surface area contributed by atoms with Gasteiger partial charge in [0.15, 0.2) is 0 Å². The summed E-state index contributed by atoms with van der Waals surface area (Å²) in [7, 11) is 3.02. The quantitative estimate of drug-likeness (QED) is 0.679. The zero-order valence-corrected chi connectivity index (χ0v) is 11.7. The van der Waals surface area contributed by atoms with Gasteiger partial charge in [0.25, 0.3) is 5.91 Å². The molecule has 5 heteroatoms. The standard InChI is InChI=1S/C16H14N2O3/c1-18-15(19)13(17-16(18)20)9-12-11-6-4-3-5-10(11)7-8-14(12)21-2/h3-9H,1-2H3,(H,17,20)/b13-9-. The van der Waals surface area contributed by atoms with Crippen molar-refractivity contribution < 1.29 is 14.3 Å². The van der Waals surface area contributed by atoms with E-state index in [0.29, 0.717) is 5.75 Å². The van der Waals surface area contributed by atoms with Gasteiger partial charge in [-0.25, -0.2) is 4.79 Å². The van der Waals surface area contributed by atoms with E-state index in [4.69, 9.17) is 4.74 Å². The Hall–Kier alpha value is -2.82. The monoisotopic (exact) mass is 282 g/mol.